The summed E-state index contributed by atoms with van der Waals surface area (Å²) in [6, 6.07) is 7.69. The highest BCUT2D eigenvalue weighted by atomic mass is 79.9. The van der Waals surface area contributed by atoms with E-state index in [-0.39, 0.29) is 0 Å². The Bertz CT molecular complexity index is 543. The summed E-state index contributed by atoms with van der Waals surface area (Å²) in [5, 5.41) is 10.4. The van der Waals surface area contributed by atoms with Crippen molar-refractivity contribution < 1.29 is 9.84 Å². The number of aryl methyl sites for hydroxylation is 2. The maximum atomic E-state index is 10.4. The van der Waals surface area contributed by atoms with Crippen molar-refractivity contribution in [3.05, 3.63) is 49.6 Å². The average molecular weight is 327 g/mol. The van der Waals surface area contributed by atoms with Gasteiger partial charge in [-0.3, -0.25) is 0 Å². The Kier molecular flexibility index (Phi) is 4.10. The summed E-state index contributed by atoms with van der Waals surface area (Å²) >= 11 is 5.07. The van der Waals surface area contributed by atoms with Crippen molar-refractivity contribution in [2.75, 3.05) is 7.11 Å². The van der Waals surface area contributed by atoms with Crippen LogP contribution in [0.4, 0.5) is 0 Å². The molecule has 0 amide bonds. The van der Waals surface area contributed by atoms with E-state index < -0.39 is 6.10 Å². The van der Waals surface area contributed by atoms with Crippen molar-refractivity contribution in [3.63, 3.8) is 0 Å². The SMILES string of the molecule is COc1ccc(C(O)c2cc(C)c(C)s2)cc1Br. The number of hydrogen-bond donors (Lipinski definition) is 1. The lowest BCUT2D eigenvalue weighted by Crippen LogP contribution is -1.97. The van der Waals surface area contributed by atoms with Crippen molar-refractivity contribution >= 4 is 27.3 Å². The van der Waals surface area contributed by atoms with E-state index >= 15 is 0 Å². The van der Waals surface area contributed by atoms with E-state index in [0.717, 1.165) is 20.7 Å². The number of thiophene rings is 1. The van der Waals surface area contributed by atoms with E-state index in [1.807, 2.05) is 24.3 Å². The highest BCUT2D eigenvalue weighted by Gasteiger charge is 2.15. The van der Waals surface area contributed by atoms with Crippen LogP contribution >= 0.6 is 27.3 Å². The highest BCUT2D eigenvalue weighted by molar-refractivity contribution is 9.10. The van der Waals surface area contributed by atoms with E-state index in [4.69, 9.17) is 4.74 Å². The molecule has 1 heterocycles. The van der Waals surface area contributed by atoms with Crippen LogP contribution in [0.1, 0.15) is 27.0 Å². The fourth-order valence-electron chi connectivity index (χ4n) is 1.75. The molecule has 18 heavy (non-hydrogen) atoms. The van der Waals surface area contributed by atoms with Gasteiger partial charge in [-0.1, -0.05) is 6.07 Å². The zero-order chi connectivity index (χ0) is 13.3. The van der Waals surface area contributed by atoms with Gasteiger partial charge in [0, 0.05) is 9.75 Å². The first-order valence-corrected chi connectivity index (χ1v) is 7.22. The number of rotatable bonds is 3. The molecule has 0 saturated carbocycles. The van der Waals surface area contributed by atoms with E-state index in [1.54, 1.807) is 18.4 Å². The summed E-state index contributed by atoms with van der Waals surface area (Å²) < 4.78 is 6.04. The van der Waals surface area contributed by atoms with E-state index in [9.17, 15) is 5.11 Å². The first kappa shape index (κ1) is 13.6. The Balaban J connectivity index is 2.33. The van der Waals surface area contributed by atoms with Crippen molar-refractivity contribution in [3.8, 4) is 5.75 Å². The van der Waals surface area contributed by atoms with Crippen LogP contribution in [0.15, 0.2) is 28.7 Å². The van der Waals surface area contributed by atoms with Gasteiger partial charge in [-0.25, -0.2) is 0 Å². The molecule has 1 N–H and O–H groups in total. The normalized spacial score (nSPS) is 12.5. The molecule has 1 atom stereocenters. The first-order valence-electron chi connectivity index (χ1n) is 5.61. The lowest BCUT2D eigenvalue weighted by molar-refractivity contribution is 0.224. The van der Waals surface area contributed by atoms with Gasteiger partial charge >= 0.3 is 0 Å². The topological polar surface area (TPSA) is 29.5 Å². The minimum Gasteiger partial charge on any atom is -0.496 e. The summed E-state index contributed by atoms with van der Waals surface area (Å²) in [6.07, 6.45) is -0.579. The van der Waals surface area contributed by atoms with Crippen molar-refractivity contribution in [1.82, 2.24) is 0 Å². The van der Waals surface area contributed by atoms with Gasteiger partial charge < -0.3 is 9.84 Å². The molecule has 96 valence electrons. The number of methoxy groups -OCH3 is 1. The van der Waals surface area contributed by atoms with Gasteiger partial charge in [-0.05, 0) is 59.1 Å². The van der Waals surface area contributed by atoms with Gasteiger partial charge in [0.2, 0.25) is 0 Å². The molecule has 0 saturated heterocycles. The highest BCUT2D eigenvalue weighted by Crippen LogP contribution is 2.34. The Labute approximate surface area is 119 Å². The molecule has 0 radical (unpaired) electrons. The van der Waals surface area contributed by atoms with Crippen LogP contribution in [0, 0.1) is 13.8 Å². The molecular formula is C14H15BrO2S. The number of ether oxygens (including phenoxy) is 1. The second-order valence-corrected chi connectivity index (χ2v) is 6.33. The molecule has 0 fully saturated rings. The van der Waals surface area contributed by atoms with E-state index in [2.05, 4.69) is 29.8 Å². The third kappa shape index (κ3) is 2.60. The fourth-order valence-corrected chi connectivity index (χ4v) is 3.37. The minimum absolute atomic E-state index is 0.579. The number of halogens is 1. The molecule has 2 rings (SSSR count). The lowest BCUT2D eigenvalue weighted by atomic mass is 10.1. The molecular weight excluding hydrogens is 312 g/mol. The molecule has 2 nitrogen and oxygen atoms in total. The number of aliphatic hydroxyl groups excluding tert-OH is 1. The molecule has 0 bridgehead atoms. The van der Waals surface area contributed by atoms with Crippen molar-refractivity contribution in [2.45, 2.75) is 20.0 Å². The van der Waals surface area contributed by atoms with Crippen LogP contribution in [0.5, 0.6) is 5.75 Å². The molecule has 1 aromatic heterocycles. The summed E-state index contributed by atoms with van der Waals surface area (Å²) in [5.74, 6) is 0.768. The van der Waals surface area contributed by atoms with Gasteiger partial charge in [0.05, 0.1) is 11.6 Å². The Morgan fingerprint density at radius 2 is 2.00 bits per heavy atom. The van der Waals surface area contributed by atoms with Gasteiger partial charge in [-0.15, -0.1) is 11.3 Å². The maximum absolute atomic E-state index is 10.4. The molecule has 0 aliphatic carbocycles. The van der Waals surface area contributed by atoms with Crippen LogP contribution in [0.2, 0.25) is 0 Å². The van der Waals surface area contributed by atoms with E-state index in [0.29, 0.717) is 0 Å². The second-order valence-electron chi connectivity index (χ2n) is 4.18. The number of aliphatic hydroxyl groups is 1. The smallest absolute Gasteiger partial charge is 0.133 e. The predicted molar refractivity (Wildman–Crippen MR) is 78.5 cm³/mol. The second kappa shape index (κ2) is 5.43. The molecule has 4 heteroatoms. The Morgan fingerprint density at radius 3 is 2.50 bits per heavy atom. The monoisotopic (exact) mass is 326 g/mol. The third-order valence-electron chi connectivity index (χ3n) is 2.95. The van der Waals surface area contributed by atoms with Gasteiger partial charge in [0.15, 0.2) is 0 Å². The minimum atomic E-state index is -0.579. The standard InChI is InChI=1S/C14H15BrO2S/c1-8-6-13(18-9(8)2)14(16)10-4-5-12(17-3)11(15)7-10/h4-7,14,16H,1-3H3. The van der Waals surface area contributed by atoms with Gasteiger partial charge in [0.1, 0.15) is 11.9 Å². The summed E-state index contributed by atoms with van der Waals surface area (Å²) in [4.78, 5) is 2.22. The number of hydrogen-bond acceptors (Lipinski definition) is 3. The van der Waals surface area contributed by atoms with Crippen LogP contribution < -0.4 is 4.74 Å². The molecule has 1 unspecified atom stereocenters. The lowest BCUT2D eigenvalue weighted by Gasteiger charge is -2.11. The molecule has 0 spiro atoms. The molecule has 0 aliphatic rings. The van der Waals surface area contributed by atoms with Crippen molar-refractivity contribution in [2.24, 2.45) is 0 Å². The van der Waals surface area contributed by atoms with Gasteiger partial charge in [-0.2, -0.15) is 0 Å². The van der Waals surface area contributed by atoms with Crippen molar-refractivity contribution in [1.29, 1.82) is 0 Å². The first-order chi connectivity index (χ1) is 8.52. The van der Waals surface area contributed by atoms with Crippen LogP contribution in [0.3, 0.4) is 0 Å². The maximum Gasteiger partial charge on any atom is 0.133 e. The third-order valence-corrected chi connectivity index (χ3v) is 4.77. The summed E-state index contributed by atoms with van der Waals surface area (Å²) in [6.45, 7) is 4.13. The van der Waals surface area contributed by atoms with Gasteiger partial charge in [0.25, 0.3) is 0 Å². The molecule has 2 aromatic rings. The average Bonchev–Trinajstić information content (AvgIpc) is 2.68. The molecule has 1 aromatic carbocycles. The zero-order valence-corrected chi connectivity index (χ0v) is 12.9. The molecule has 0 aliphatic heterocycles. The van der Waals surface area contributed by atoms with Crippen LogP contribution in [-0.4, -0.2) is 12.2 Å². The largest absolute Gasteiger partial charge is 0.496 e. The summed E-state index contributed by atoms with van der Waals surface area (Å²) in [5.41, 5.74) is 2.09. The quantitative estimate of drug-likeness (QED) is 0.915. The van der Waals surface area contributed by atoms with E-state index in [1.165, 1.54) is 10.4 Å². The Morgan fingerprint density at radius 1 is 1.28 bits per heavy atom. The number of benzene rings is 1. The van der Waals surface area contributed by atoms with Crippen LogP contribution in [0.25, 0.3) is 0 Å². The zero-order valence-electron chi connectivity index (χ0n) is 10.5. The summed E-state index contributed by atoms with van der Waals surface area (Å²) in [7, 11) is 1.63. The predicted octanol–water partition coefficient (Wildman–Crippen LogP) is 4.22. The Hall–Kier alpha value is -0.840. The fraction of sp³-hybridized carbons (Fsp3) is 0.286. The van der Waals surface area contributed by atoms with Crippen LogP contribution in [-0.2, 0) is 0 Å².